The number of para-hydroxylation sites is 1. The average molecular weight is 340 g/mol. The second-order valence-corrected chi connectivity index (χ2v) is 6.50. The van der Waals surface area contributed by atoms with Gasteiger partial charge < -0.3 is 15.1 Å². The normalized spacial score (nSPS) is 15.2. The zero-order valence-electron chi connectivity index (χ0n) is 14.7. The summed E-state index contributed by atoms with van der Waals surface area (Å²) in [6, 6.07) is 10.1. The van der Waals surface area contributed by atoms with Gasteiger partial charge in [-0.1, -0.05) is 24.3 Å². The number of hydrogen-bond donors (Lipinski definition) is 1. The van der Waals surface area contributed by atoms with Crippen molar-refractivity contribution in [1.82, 2.24) is 20.1 Å². The van der Waals surface area contributed by atoms with E-state index < -0.39 is 0 Å². The molecule has 0 saturated carbocycles. The van der Waals surface area contributed by atoms with Crippen LogP contribution in [0.3, 0.4) is 0 Å². The van der Waals surface area contributed by atoms with Crippen molar-refractivity contribution in [3.63, 3.8) is 0 Å². The minimum atomic E-state index is -0.0585. The van der Waals surface area contributed by atoms with Crippen molar-refractivity contribution in [3.8, 4) is 0 Å². The monoisotopic (exact) mass is 340 g/mol. The summed E-state index contributed by atoms with van der Waals surface area (Å²) in [6.07, 6.45) is 3.41. The molecule has 25 heavy (non-hydrogen) atoms. The highest BCUT2D eigenvalue weighted by Gasteiger charge is 2.26. The lowest BCUT2D eigenvalue weighted by molar-refractivity contribution is -0.130. The van der Waals surface area contributed by atoms with Crippen LogP contribution in [0, 0.1) is 0 Å². The predicted octanol–water partition coefficient (Wildman–Crippen LogP) is 2.39. The quantitative estimate of drug-likeness (QED) is 0.933. The summed E-state index contributed by atoms with van der Waals surface area (Å²) < 4.78 is 0. The molecule has 0 aliphatic carbocycles. The van der Waals surface area contributed by atoms with E-state index in [1.54, 1.807) is 18.0 Å². The second kappa shape index (κ2) is 7.51. The SMILES string of the molecule is CC(=O)N(C)C1CCN(C(=O)NCc2cccc3cccnc23)CC1. The number of aromatic nitrogens is 1. The summed E-state index contributed by atoms with van der Waals surface area (Å²) in [5, 5.41) is 4.07. The van der Waals surface area contributed by atoms with Crippen LogP contribution in [0.4, 0.5) is 4.79 Å². The summed E-state index contributed by atoms with van der Waals surface area (Å²) >= 11 is 0. The standard InChI is InChI=1S/C19H24N4O2/c1-14(24)22(2)17-8-11-23(12-9-17)19(25)21-13-16-6-3-5-15-7-4-10-20-18(15)16/h3-7,10,17H,8-9,11-13H2,1-2H3,(H,21,25). The minimum absolute atomic E-state index is 0.0585. The Hall–Kier alpha value is -2.63. The van der Waals surface area contributed by atoms with E-state index in [9.17, 15) is 9.59 Å². The fourth-order valence-electron chi connectivity index (χ4n) is 3.31. The van der Waals surface area contributed by atoms with Crippen molar-refractivity contribution in [3.05, 3.63) is 42.1 Å². The molecule has 2 aromatic rings. The number of carbonyl (C=O) groups is 2. The summed E-state index contributed by atoms with van der Waals surface area (Å²) in [6.45, 7) is 3.38. The molecule has 1 saturated heterocycles. The number of nitrogens with one attached hydrogen (secondary N) is 1. The number of fused-ring (bicyclic) bond motifs is 1. The van der Waals surface area contributed by atoms with Crippen molar-refractivity contribution >= 4 is 22.8 Å². The Morgan fingerprint density at radius 1 is 1.24 bits per heavy atom. The number of nitrogens with zero attached hydrogens (tertiary/aromatic N) is 3. The molecule has 3 rings (SSSR count). The van der Waals surface area contributed by atoms with Gasteiger partial charge in [0.1, 0.15) is 0 Å². The van der Waals surface area contributed by atoms with Gasteiger partial charge in [0.25, 0.3) is 0 Å². The highest BCUT2D eigenvalue weighted by molar-refractivity contribution is 5.82. The third-order valence-electron chi connectivity index (χ3n) is 4.94. The number of carbonyl (C=O) groups excluding carboxylic acids is 2. The Bertz CT molecular complexity index is 764. The van der Waals surface area contributed by atoms with Crippen LogP contribution in [-0.2, 0) is 11.3 Å². The van der Waals surface area contributed by atoms with Crippen LogP contribution in [0.25, 0.3) is 10.9 Å². The van der Waals surface area contributed by atoms with E-state index >= 15 is 0 Å². The van der Waals surface area contributed by atoms with Crippen molar-refractivity contribution in [2.75, 3.05) is 20.1 Å². The van der Waals surface area contributed by atoms with Gasteiger partial charge in [-0.15, -0.1) is 0 Å². The topological polar surface area (TPSA) is 65.5 Å². The lowest BCUT2D eigenvalue weighted by Gasteiger charge is -2.36. The molecule has 0 spiro atoms. The number of likely N-dealkylation sites (tertiary alicyclic amines) is 1. The molecule has 132 valence electrons. The van der Waals surface area contributed by atoms with Gasteiger partial charge in [0.2, 0.25) is 5.91 Å². The van der Waals surface area contributed by atoms with E-state index in [1.165, 1.54) is 0 Å². The molecule has 2 heterocycles. The van der Waals surface area contributed by atoms with Crippen LogP contribution in [0.15, 0.2) is 36.5 Å². The van der Waals surface area contributed by atoms with Gasteiger partial charge in [-0.3, -0.25) is 9.78 Å². The van der Waals surface area contributed by atoms with Crippen LogP contribution in [-0.4, -0.2) is 52.9 Å². The smallest absolute Gasteiger partial charge is 0.317 e. The molecule has 1 aliphatic heterocycles. The first-order chi connectivity index (χ1) is 12.1. The van der Waals surface area contributed by atoms with E-state index in [-0.39, 0.29) is 18.0 Å². The maximum Gasteiger partial charge on any atom is 0.317 e. The van der Waals surface area contributed by atoms with Crippen molar-refractivity contribution in [1.29, 1.82) is 0 Å². The Kier molecular flexibility index (Phi) is 5.16. The summed E-state index contributed by atoms with van der Waals surface area (Å²) in [4.78, 5) is 31.9. The number of pyridine rings is 1. The number of rotatable bonds is 3. The van der Waals surface area contributed by atoms with Crippen molar-refractivity contribution < 1.29 is 9.59 Å². The fraction of sp³-hybridized carbons (Fsp3) is 0.421. The molecule has 1 N–H and O–H groups in total. The molecule has 1 aromatic carbocycles. The zero-order chi connectivity index (χ0) is 17.8. The highest BCUT2D eigenvalue weighted by Crippen LogP contribution is 2.17. The molecular formula is C19H24N4O2. The van der Waals surface area contributed by atoms with E-state index in [2.05, 4.69) is 10.3 Å². The number of benzene rings is 1. The minimum Gasteiger partial charge on any atom is -0.343 e. The third-order valence-corrected chi connectivity index (χ3v) is 4.94. The zero-order valence-corrected chi connectivity index (χ0v) is 14.7. The van der Waals surface area contributed by atoms with Gasteiger partial charge in [-0.2, -0.15) is 0 Å². The Morgan fingerprint density at radius 2 is 1.96 bits per heavy atom. The first kappa shape index (κ1) is 17.2. The van der Waals surface area contributed by atoms with Gasteiger partial charge >= 0.3 is 6.03 Å². The molecule has 0 unspecified atom stereocenters. The molecule has 1 aliphatic rings. The summed E-state index contributed by atoms with van der Waals surface area (Å²) in [5.41, 5.74) is 1.93. The first-order valence-corrected chi connectivity index (χ1v) is 8.65. The first-order valence-electron chi connectivity index (χ1n) is 8.65. The molecule has 1 aromatic heterocycles. The molecule has 3 amide bonds. The highest BCUT2D eigenvalue weighted by atomic mass is 16.2. The second-order valence-electron chi connectivity index (χ2n) is 6.50. The van der Waals surface area contributed by atoms with Crippen LogP contribution in [0.1, 0.15) is 25.3 Å². The molecule has 0 bridgehead atoms. The maximum absolute atomic E-state index is 12.4. The Balaban J connectivity index is 1.56. The summed E-state index contributed by atoms with van der Waals surface area (Å²) in [7, 11) is 1.83. The van der Waals surface area contributed by atoms with Gasteiger partial charge in [-0.25, -0.2) is 4.79 Å². The Morgan fingerprint density at radius 3 is 2.68 bits per heavy atom. The Labute approximate surface area is 147 Å². The van der Waals surface area contributed by atoms with Crippen LogP contribution < -0.4 is 5.32 Å². The molecule has 6 nitrogen and oxygen atoms in total. The molecule has 1 fully saturated rings. The van der Waals surface area contributed by atoms with E-state index in [0.717, 1.165) is 29.3 Å². The molecule has 0 radical (unpaired) electrons. The predicted molar refractivity (Wildman–Crippen MR) is 97.0 cm³/mol. The number of amides is 3. The lowest BCUT2D eigenvalue weighted by atomic mass is 10.0. The van der Waals surface area contributed by atoms with Gasteiger partial charge in [0.15, 0.2) is 0 Å². The van der Waals surface area contributed by atoms with E-state index in [4.69, 9.17) is 0 Å². The van der Waals surface area contributed by atoms with Crippen LogP contribution >= 0.6 is 0 Å². The molecule has 0 atom stereocenters. The number of hydrogen-bond acceptors (Lipinski definition) is 3. The van der Waals surface area contributed by atoms with Crippen LogP contribution in [0.5, 0.6) is 0 Å². The van der Waals surface area contributed by atoms with E-state index in [1.807, 2.05) is 42.3 Å². The largest absolute Gasteiger partial charge is 0.343 e. The fourth-order valence-corrected chi connectivity index (χ4v) is 3.31. The third kappa shape index (κ3) is 3.90. The summed E-state index contributed by atoms with van der Waals surface area (Å²) in [5.74, 6) is 0.0753. The molecule has 6 heteroatoms. The average Bonchev–Trinajstić information content (AvgIpc) is 2.65. The van der Waals surface area contributed by atoms with Crippen molar-refractivity contribution in [2.45, 2.75) is 32.4 Å². The van der Waals surface area contributed by atoms with Crippen molar-refractivity contribution in [2.24, 2.45) is 0 Å². The lowest BCUT2D eigenvalue weighted by Crippen LogP contribution is -2.49. The van der Waals surface area contributed by atoms with Crippen LogP contribution in [0.2, 0.25) is 0 Å². The van der Waals surface area contributed by atoms with E-state index in [0.29, 0.717) is 19.6 Å². The van der Waals surface area contributed by atoms with Gasteiger partial charge in [0, 0.05) is 51.2 Å². The van der Waals surface area contributed by atoms with Gasteiger partial charge in [-0.05, 0) is 24.5 Å². The number of urea groups is 1. The maximum atomic E-state index is 12.4. The van der Waals surface area contributed by atoms with Gasteiger partial charge in [0.05, 0.1) is 5.52 Å². The molecular weight excluding hydrogens is 316 g/mol. The number of piperidine rings is 1.